The first-order chi connectivity index (χ1) is 18.4. The third-order valence-corrected chi connectivity index (χ3v) is 12.5. The van der Waals surface area contributed by atoms with E-state index in [1.54, 1.807) is 12.1 Å². The number of thiophene rings is 1. The van der Waals surface area contributed by atoms with E-state index in [0.29, 0.717) is 41.1 Å². The summed E-state index contributed by atoms with van der Waals surface area (Å²) in [7, 11) is -5.38. The van der Waals surface area contributed by atoms with Crippen LogP contribution in [0.5, 0.6) is 0 Å². The molecule has 1 aromatic carbocycles. The molecule has 4 aromatic rings. The van der Waals surface area contributed by atoms with E-state index in [1.165, 1.54) is 18.5 Å². The van der Waals surface area contributed by atoms with Crippen molar-refractivity contribution in [2.45, 2.75) is 59.2 Å². The Hall–Kier alpha value is -2.90. The minimum Gasteiger partial charge on any atom is -0.345 e. The van der Waals surface area contributed by atoms with Gasteiger partial charge in [-0.15, -0.1) is 16.4 Å². The third-order valence-electron chi connectivity index (χ3n) is 7.27. The quantitative estimate of drug-likeness (QED) is 0.340. The SMILES string of the molecule is Cc1cccc2c1c(N1CCN(c3ncc(F)cn3)CC13CC3)nn2S(=O)(=O)c1ccc(S(=O)C(C)(C)C)s1. The fourth-order valence-corrected chi connectivity index (χ4v) is 9.77. The summed E-state index contributed by atoms with van der Waals surface area (Å²) >= 11 is 1.03. The Labute approximate surface area is 233 Å². The molecule has 0 bridgehead atoms. The smallest absolute Gasteiger partial charge is 0.293 e. The van der Waals surface area contributed by atoms with Crippen LogP contribution in [0.3, 0.4) is 0 Å². The molecule has 0 amide bonds. The number of halogens is 1. The van der Waals surface area contributed by atoms with Crippen molar-refractivity contribution in [3.8, 4) is 0 Å². The zero-order chi connectivity index (χ0) is 27.7. The van der Waals surface area contributed by atoms with Crippen molar-refractivity contribution in [2.24, 2.45) is 0 Å². The lowest BCUT2D eigenvalue weighted by atomic mass is 10.1. The number of piperazine rings is 1. The van der Waals surface area contributed by atoms with Crippen molar-refractivity contribution in [1.29, 1.82) is 0 Å². The molecule has 1 saturated carbocycles. The number of fused-ring (bicyclic) bond motifs is 1. The van der Waals surface area contributed by atoms with Gasteiger partial charge in [-0.3, -0.25) is 4.21 Å². The van der Waals surface area contributed by atoms with E-state index in [2.05, 4.69) is 14.9 Å². The van der Waals surface area contributed by atoms with Gasteiger partial charge < -0.3 is 9.80 Å². The van der Waals surface area contributed by atoms with Gasteiger partial charge in [0.25, 0.3) is 10.0 Å². The van der Waals surface area contributed by atoms with Gasteiger partial charge in [0.2, 0.25) is 5.95 Å². The summed E-state index contributed by atoms with van der Waals surface area (Å²) in [5.41, 5.74) is 1.22. The number of nitrogens with zero attached hydrogens (tertiary/aromatic N) is 6. The number of rotatable bonds is 5. The van der Waals surface area contributed by atoms with Gasteiger partial charge in [-0.1, -0.05) is 12.1 Å². The Balaban J connectivity index is 1.40. The molecule has 1 atom stereocenters. The van der Waals surface area contributed by atoms with Gasteiger partial charge in [-0.05, 0) is 64.3 Å². The van der Waals surface area contributed by atoms with Gasteiger partial charge in [-0.2, -0.15) is 12.5 Å². The number of aromatic nitrogens is 4. The van der Waals surface area contributed by atoms with E-state index in [9.17, 15) is 17.0 Å². The Morgan fingerprint density at radius 3 is 2.46 bits per heavy atom. The number of aryl methyl sites for hydroxylation is 1. The average Bonchev–Trinajstić information content (AvgIpc) is 3.28. The lowest BCUT2D eigenvalue weighted by Gasteiger charge is -2.42. The molecule has 2 aliphatic rings. The number of anilines is 2. The van der Waals surface area contributed by atoms with Gasteiger partial charge in [0.1, 0.15) is 4.21 Å². The lowest BCUT2D eigenvalue weighted by molar-refractivity contribution is 0.497. The molecule has 1 aliphatic carbocycles. The first-order valence-corrected chi connectivity index (χ1v) is 16.1. The highest BCUT2D eigenvalue weighted by Crippen LogP contribution is 2.48. The van der Waals surface area contributed by atoms with Gasteiger partial charge in [0.05, 0.1) is 38.5 Å². The van der Waals surface area contributed by atoms with Crippen LogP contribution in [0.2, 0.25) is 0 Å². The molecule has 3 aromatic heterocycles. The van der Waals surface area contributed by atoms with E-state index in [4.69, 9.17) is 5.10 Å². The van der Waals surface area contributed by atoms with Crippen molar-refractivity contribution in [3.05, 3.63) is 54.1 Å². The Kier molecular flexibility index (Phi) is 6.12. The molecule has 0 radical (unpaired) electrons. The van der Waals surface area contributed by atoms with Gasteiger partial charge >= 0.3 is 0 Å². The molecule has 6 rings (SSSR count). The normalized spacial score (nSPS) is 18.2. The summed E-state index contributed by atoms with van der Waals surface area (Å²) in [4.78, 5) is 12.6. The summed E-state index contributed by atoms with van der Waals surface area (Å²) in [6, 6.07) is 8.72. The fourth-order valence-electron chi connectivity index (χ4n) is 5.11. The minimum absolute atomic E-state index is 0.104. The van der Waals surface area contributed by atoms with Crippen LogP contribution in [-0.2, 0) is 20.8 Å². The van der Waals surface area contributed by atoms with E-state index in [1.807, 2.05) is 44.7 Å². The average molecular weight is 589 g/mol. The first-order valence-electron chi connectivity index (χ1n) is 12.7. The monoisotopic (exact) mass is 588 g/mol. The molecule has 39 heavy (non-hydrogen) atoms. The maximum absolute atomic E-state index is 13.9. The lowest BCUT2D eigenvalue weighted by Crippen LogP contribution is -2.56. The standard InChI is InChI=1S/C26H29FN6O3S3/c1-17-6-5-7-19-22(17)23(30-33(19)39(35,36)21-9-8-20(37-21)38(34)25(2,3)4)32-13-12-31(16-26(32)10-11-26)24-28-14-18(27)15-29-24/h5-9,14-15H,10-13,16H2,1-4H3. The second-order valence-corrected chi connectivity index (χ2v) is 16.6. The Morgan fingerprint density at radius 2 is 1.79 bits per heavy atom. The highest BCUT2D eigenvalue weighted by molar-refractivity contribution is 7.93. The molecule has 13 heteroatoms. The van der Waals surface area contributed by atoms with E-state index >= 15 is 0 Å². The van der Waals surface area contributed by atoms with Crippen LogP contribution in [-0.4, -0.2) is 61.7 Å². The molecule has 1 saturated heterocycles. The topological polar surface area (TPSA) is 101 Å². The van der Waals surface area contributed by atoms with E-state index < -0.39 is 31.4 Å². The predicted octanol–water partition coefficient (Wildman–Crippen LogP) is 4.34. The molecule has 4 heterocycles. The number of hydrogen-bond acceptors (Lipinski definition) is 9. The fraction of sp³-hybridized carbons (Fsp3) is 0.423. The molecule has 206 valence electrons. The summed E-state index contributed by atoms with van der Waals surface area (Å²) in [6.07, 6.45) is 4.19. The highest BCUT2D eigenvalue weighted by Gasteiger charge is 2.53. The first kappa shape index (κ1) is 26.3. The van der Waals surface area contributed by atoms with Crippen LogP contribution in [0.15, 0.2) is 51.1 Å². The van der Waals surface area contributed by atoms with Crippen LogP contribution >= 0.6 is 11.3 Å². The molecule has 9 nitrogen and oxygen atoms in total. The number of hydrogen-bond donors (Lipinski definition) is 0. The van der Waals surface area contributed by atoms with Crippen LogP contribution < -0.4 is 9.80 Å². The summed E-state index contributed by atoms with van der Waals surface area (Å²) in [6.45, 7) is 9.37. The maximum atomic E-state index is 13.9. The Morgan fingerprint density at radius 1 is 1.08 bits per heavy atom. The van der Waals surface area contributed by atoms with Crippen LogP contribution in [0, 0.1) is 12.7 Å². The Bertz CT molecular complexity index is 1700. The minimum atomic E-state index is -4.04. The van der Waals surface area contributed by atoms with E-state index in [-0.39, 0.29) is 9.75 Å². The van der Waals surface area contributed by atoms with Gasteiger partial charge in [-0.25, -0.2) is 14.4 Å². The van der Waals surface area contributed by atoms with Crippen LogP contribution in [0.4, 0.5) is 16.2 Å². The van der Waals surface area contributed by atoms with Crippen molar-refractivity contribution in [3.63, 3.8) is 0 Å². The van der Waals surface area contributed by atoms with E-state index in [0.717, 1.165) is 39.2 Å². The van der Waals surface area contributed by atoms with Crippen molar-refractivity contribution >= 4 is 54.8 Å². The maximum Gasteiger partial charge on any atom is 0.293 e. The summed E-state index contributed by atoms with van der Waals surface area (Å²) < 4.78 is 55.4. The zero-order valence-electron chi connectivity index (χ0n) is 22.1. The summed E-state index contributed by atoms with van der Waals surface area (Å²) in [5, 5.41) is 5.56. The molecular weight excluding hydrogens is 560 g/mol. The summed E-state index contributed by atoms with van der Waals surface area (Å²) in [5.74, 6) is 0.645. The second kappa shape index (κ2) is 9.07. The van der Waals surface area contributed by atoms with Crippen molar-refractivity contribution < 1.29 is 17.0 Å². The second-order valence-electron chi connectivity index (χ2n) is 11.1. The van der Waals surface area contributed by atoms with Crippen LogP contribution in [0.25, 0.3) is 10.9 Å². The van der Waals surface area contributed by atoms with Gasteiger partial charge in [0.15, 0.2) is 11.6 Å². The van der Waals surface area contributed by atoms with Crippen molar-refractivity contribution in [1.82, 2.24) is 19.2 Å². The molecule has 1 unspecified atom stereocenters. The molecule has 1 aliphatic heterocycles. The van der Waals surface area contributed by atoms with Gasteiger partial charge in [0, 0.05) is 29.8 Å². The van der Waals surface area contributed by atoms with Crippen LogP contribution in [0.1, 0.15) is 39.2 Å². The third kappa shape index (κ3) is 4.44. The molecule has 1 spiro atoms. The predicted molar refractivity (Wildman–Crippen MR) is 151 cm³/mol. The largest absolute Gasteiger partial charge is 0.345 e. The number of benzene rings is 1. The molecule has 2 fully saturated rings. The molecular formula is C26H29FN6O3S3. The highest BCUT2D eigenvalue weighted by atomic mass is 32.3. The molecule has 0 N–H and O–H groups in total. The zero-order valence-corrected chi connectivity index (χ0v) is 24.5. The van der Waals surface area contributed by atoms with Crippen molar-refractivity contribution in [2.75, 3.05) is 29.4 Å².